The molecular weight excluding hydrogens is 208 g/mol. The maximum absolute atomic E-state index is 5.68. The SMILES string of the molecule is NC(N)=NNCC1COc2ccccc2O1. The number of benzene rings is 1. The monoisotopic (exact) mass is 222 g/mol. The highest BCUT2D eigenvalue weighted by atomic mass is 16.6. The highest BCUT2D eigenvalue weighted by Gasteiger charge is 2.19. The third kappa shape index (κ3) is 2.47. The van der Waals surface area contributed by atoms with Crippen LogP contribution in [0.5, 0.6) is 11.5 Å². The Morgan fingerprint density at radius 3 is 2.88 bits per heavy atom. The van der Waals surface area contributed by atoms with E-state index in [9.17, 15) is 0 Å². The van der Waals surface area contributed by atoms with E-state index in [-0.39, 0.29) is 12.1 Å². The fourth-order valence-electron chi connectivity index (χ4n) is 1.40. The van der Waals surface area contributed by atoms with Crippen molar-refractivity contribution in [3.63, 3.8) is 0 Å². The molecule has 0 saturated carbocycles. The van der Waals surface area contributed by atoms with Gasteiger partial charge in [0.1, 0.15) is 6.61 Å². The van der Waals surface area contributed by atoms with E-state index in [0.29, 0.717) is 13.2 Å². The molecule has 1 aliphatic heterocycles. The van der Waals surface area contributed by atoms with Crippen molar-refractivity contribution in [1.29, 1.82) is 0 Å². The first-order chi connectivity index (χ1) is 7.75. The summed E-state index contributed by atoms with van der Waals surface area (Å²) >= 11 is 0. The summed E-state index contributed by atoms with van der Waals surface area (Å²) in [5, 5.41) is 3.66. The zero-order valence-electron chi connectivity index (χ0n) is 8.72. The van der Waals surface area contributed by atoms with Gasteiger partial charge in [0, 0.05) is 0 Å². The molecular formula is C10H14N4O2. The number of guanidine groups is 1. The highest BCUT2D eigenvalue weighted by Crippen LogP contribution is 2.30. The minimum Gasteiger partial charge on any atom is -0.486 e. The summed E-state index contributed by atoms with van der Waals surface area (Å²) < 4.78 is 11.2. The van der Waals surface area contributed by atoms with E-state index >= 15 is 0 Å². The largest absolute Gasteiger partial charge is 0.486 e. The zero-order chi connectivity index (χ0) is 11.4. The van der Waals surface area contributed by atoms with Gasteiger partial charge in [-0.05, 0) is 12.1 Å². The van der Waals surface area contributed by atoms with Crippen LogP contribution in [-0.2, 0) is 0 Å². The molecule has 0 aliphatic carbocycles. The zero-order valence-corrected chi connectivity index (χ0v) is 8.72. The van der Waals surface area contributed by atoms with E-state index in [1.54, 1.807) is 0 Å². The van der Waals surface area contributed by atoms with Crippen LogP contribution in [0.3, 0.4) is 0 Å². The third-order valence-corrected chi connectivity index (χ3v) is 2.09. The lowest BCUT2D eigenvalue weighted by Crippen LogP contribution is -2.38. The number of para-hydroxylation sites is 2. The van der Waals surface area contributed by atoms with Crippen LogP contribution in [0.1, 0.15) is 0 Å². The lowest BCUT2D eigenvalue weighted by atomic mass is 10.2. The van der Waals surface area contributed by atoms with Crippen LogP contribution in [0.4, 0.5) is 0 Å². The van der Waals surface area contributed by atoms with Crippen molar-refractivity contribution in [3.05, 3.63) is 24.3 Å². The Hall–Kier alpha value is -2.11. The van der Waals surface area contributed by atoms with Crippen molar-refractivity contribution in [2.24, 2.45) is 16.6 Å². The molecule has 1 unspecified atom stereocenters. The molecule has 1 aromatic rings. The number of ether oxygens (including phenoxy) is 2. The molecule has 0 saturated heterocycles. The lowest BCUT2D eigenvalue weighted by Gasteiger charge is -2.26. The van der Waals surface area contributed by atoms with Gasteiger partial charge in [0.15, 0.2) is 17.6 Å². The van der Waals surface area contributed by atoms with Crippen molar-refractivity contribution >= 4 is 5.96 Å². The summed E-state index contributed by atoms with van der Waals surface area (Å²) in [6.45, 7) is 0.968. The number of hydrazone groups is 1. The fourth-order valence-corrected chi connectivity index (χ4v) is 1.40. The van der Waals surface area contributed by atoms with Crippen molar-refractivity contribution < 1.29 is 9.47 Å². The molecule has 6 nitrogen and oxygen atoms in total. The van der Waals surface area contributed by atoms with Gasteiger partial charge < -0.3 is 26.4 Å². The molecule has 6 heteroatoms. The Bertz CT molecular complexity index is 390. The topological polar surface area (TPSA) is 94.9 Å². The first kappa shape index (κ1) is 10.4. The Morgan fingerprint density at radius 2 is 2.12 bits per heavy atom. The Balaban J connectivity index is 1.90. The molecule has 0 aromatic heterocycles. The van der Waals surface area contributed by atoms with Crippen molar-refractivity contribution in [2.75, 3.05) is 13.2 Å². The van der Waals surface area contributed by atoms with E-state index in [0.717, 1.165) is 11.5 Å². The van der Waals surface area contributed by atoms with E-state index in [1.165, 1.54) is 0 Å². The van der Waals surface area contributed by atoms with Crippen LogP contribution in [0.15, 0.2) is 29.4 Å². The van der Waals surface area contributed by atoms with Crippen LogP contribution in [0, 0.1) is 0 Å². The highest BCUT2D eigenvalue weighted by molar-refractivity contribution is 5.75. The Kier molecular flexibility index (Phi) is 3.00. The van der Waals surface area contributed by atoms with Crippen LogP contribution < -0.4 is 26.4 Å². The first-order valence-corrected chi connectivity index (χ1v) is 4.95. The van der Waals surface area contributed by atoms with Crippen LogP contribution in [0.2, 0.25) is 0 Å². The third-order valence-electron chi connectivity index (χ3n) is 2.09. The predicted octanol–water partition coefficient (Wildman–Crippen LogP) is -0.396. The summed E-state index contributed by atoms with van der Waals surface area (Å²) in [5.41, 5.74) is 13.1. The number of hydrogen-bond acceptors (Lipinski definition) is 4. The number of fused-ring (bicyclic) bond motifs is 1. The van der Waals surface area contributed by atoms with Gasteiger partial charge in [0.2, 0.25) is 5.96 Å². The maximum Gasteiger partial charge on any atom is 0.208 e. The van der Waals surface area contributed by atoms with Crippen molar-refractivity contribution in [2.45, 2.75) is 6.10 Å². The molecule has 0 spiro atoms. The predicted molar refractivity (Wildman–Crippen MR) is 60.2 cm³/mol. The van der Waals surface area contributed by atoms with Crippen LogP contribution in [0.25, 0.3) is 0 Å². The summed E-state index contributed by atoms with van der Waals surface area (Å²) in [5.74, 6) is 1.50. The molecule has 16 heavy (non-hydrogen) atoms. The van der Waals surface area contributed by atoms with Gasteiger partial charge in [0.05, 0.1) is 6.54 Å². The molecule has 2 rings (SSSR count). The maximum atomic E-state index is 5.68. The van der Waals surface area contributed by atoms with Gasteiger partial charge in [-0.3, -0.25) is 0 Å². The van der Waals surface area contributed by atoms with Gasteiger partial charge in [-0.2, -0.15) is 0 Å². The summed E-state index contributed by atoms with van der Waals surface area (Å²) in [6.07, 6.45) is -0.0991. The Morgan fingerprint density at radius 1 is 1.38 bits per heavy atom. The molecule has 1 heterocycles. The van der Waals surface area contributed by atoms with E-state index in [1.807, 2.05) is 24.3 Å². The Labute approximate surface area is 93.2 Å². The first-order valence-electron chi connectivity index (χ1n) is 4.95. The van der Waals surface area contributed by atoms with Gasteiger partial charge in [-0.25, -0.2) is 0 Å². The molecule has 0 radical (unpaired) electrons. The number of nitrogens with zero attached hydrogens (tertiary/aromatic N) is 1. The molecule has 1 atom stereocenters. The van der Waals surface area contributed by atoms with Crippen LogP contribution in [-0.4, -0.2) is 25.2 Å². The van der Waals surface area contributed by atoms with Crippen molar-refractivity contribution in [1.82, 2.24) is 5.43 Å². The quantitative estimate of drug-likeness (QED) is 0.367. The molecule has 1 aromatic carbocycles. The molecule has 86 valence electrons. The van der Waals surface area contributed by atoms with Gasteiger partial charge in [0.25, 0.3) is 0 Å². The molecule has 0 bridgehead atoms. The van der Waals surface area contributed by atoms with Gasteiger partial charge >= 0.3 is 0 Å². The molecule has 0 amide bonds. The second kappa shape index (κ2) is 4.61. The van der Waals surface area contributed by atoms with E-state index in [2.05, 4.69) is 10.5 Å². The van der Waals surface area contributed by atoms with E-state index in [4.69, 9.17) is 20.9 Å². The molecule has 0 fully saturated rings. The van der Waals surface area contributed by atoms with Gasteiger partial charge in [-0.15, -0.1) is 5.10 Å². The number of nitrogens with one attached hydrogen (secondary N) is 1. The number of rotatable bonds is 3. The normalized spacial score (nSPS) is 17.6. The van der Waals surface area contributed by atoms with Crippen molar-refractivity contribution in [3.8, 4) is 11.5 Å². The second-order valence-electron chi connectivity index (χ2n) is 3.40. The van der Waals surface area contributed by atoms with Crippen LogP contribution >= 0.6 is 0 Å². The average molecular weight is 222 g/mol. The molecule has 1 aliphatic rings. The smallest absolute Gasteiger partial charge is 0.208 e. The lowest BCUT2D eigenvalue weighted by molar-refractivity contribution is 0.0908. The average Bonchev–Trinajstić information content (AvgIpc) is 2.28. The fraction of sp³-hybridized carbons (Fsp3) is 0.300. The minimum atomic E-state index is -0.0991. The number of hydrogen-bond donors (Lipinski definition) is 3. The second-order valence-corrected chi connectivity index (χ2v) is 3.40. The molecule has 5 N–H and O–H groups in total. The number of nitrogens with two attached hydrogens (primary N) is 2. The summed E-state index contributed by atoms with van der Waals surface area (Å²) in [6, 6.07) is 7.53. The summed E-state index contributed by atoms with van der Waals surface area (Å²) in [7, 11) is 0. The minimum absolute atomic E-state index is 0.00266. The van der Waals surface area contributed by atoms with E-state index < -0.39 is 0 Å². The summed E-state index contributed by atoms with van der Waals surface area (Å²) in [4.78, 5) is 0. The van der Waals surface area contributed by atoms with Gasteiger partial charge in [-0.1, -0.05) is 12.1 Å². The standard InChI is InChI=1S/C10H14N4O2/c11-10(12)14-13-5-7-6-15-8-3-1-2-4-9(8)16-7/h1-4,7,13H,5-6H2,(H4,11,12,14).